The van der Waals surface area contributed by atoms with Crippen molar-refractivity contribution in [3.63, 3.8) is 0 Å². The maximum Gasteiger partial charge on any atom is 0.257 e. The number of primary sulfonamides is 1. The first-order valence-electron chi connectivity index (χ1n) is 8.15. The van der Waals surface area contributed by atoms with Crippen molar-refractivity contribution in [1.29, 1.82) is 0 Å². The van der Waals surface area contributed by atoms with Crippen molar-refractivity contribution in [2.24, 2.45) is 5.14 Å². The zero-order chi connectivity index (χ0) is 19.9. The fourth-order valence-corrected chi connectivity index (χ4v) is 3.79. The molecule has 0 saturated carbocycles. The lowest BCUT2D eigenvalue weighted by molar-refractivity contribution is 0.102. The number of hydrogen-bond donors (Lipinski definition) is 2. The number of hydrogen-bond acceptors (Lipinski definition) is 5. The number of benzene rings is 1. The topological polar surface area (TPSA) is 120 Å². The van der Waals surface area contributed by atoms with E-state index in [1.807, 2.05) is 11.5 Å². The standard InChI is InChI=1S/C18H20N4O4S/c1-10-5-6-14(9-16(10)27(19,24)25)20-18(23)15-7-11(2)22(13(15)4)17-8-12(3)26-21-17/h5-9H,1-4H3,(H,20,23)(H2,19,24,25). The Morgan fingerprint density at radius 3 is 2.44 bits per heavy atom. The van der Waals surface area contributed by atoms with Gasteiger partial charge in [-0.2, -0.15) is 0 Å². The average molecular weight is 388 g/mol. The number of anilines is 1. The summed E-state index contributed by atoms with van der Waals surface area (Å²) in [5, 5.41) is 11.9. The van der Waals surface area contributed by atoms with Gasteiger partial charge < -0.3 is 9.84 Å². The molecule has 3 rings (SSSR count). The summed E-state index contributed by atoms with van der Waals surface area (Å²) in [5.41, 5.74) is 2.81. The van der Waals surface area contributed by atoms with E-state index in [-0.39, 0.29) is 10.8 Å². The van der Waals surface area contributed by atoms with Crippen molar-refractivity contribution >= 4 is 21.6 Å². The summed E-state index contributed by atoms with van der Waals surface area (Å²) in [4.78, 5) is 12.7. The minimum atomic E-state index is -3.88. The van der Waals surface area contributed by atoms with Crippen LogP contribution in [0.25, 0.3) is 5.82 Å². The van der Waals surface area contributed by atoms with Crippen LogP contribution in [-0.4, -0.2) is 24.0 Å². The van der Waals surface area contributed by atoms with Crippen LogP contribution >= 0.6 is 0 Å². The molecule has 0 bridgehead atoms. The van der Waals surface area contributed by atoms with E-state index < -0.39 is 10.0 Å². The molecule has 8 nitrogen and oxygen atoms in total. The molecular formula is C18H20N4O4S. The molecule has 3 aromatic rings. The van der Waals surface area contributed by atoms with Crippen LogP contribution in [0.1, 0.15) is 33.1 Å². The lowest BCUT2D eigenvalue weighted by Gasteiger charge is -2.09. The summed E-state index contributed by atoms with van der Waals surface area (Å²) in [5.74, 6) is 0.894. The largest absolute Gasteiger partial charge is 0.360 e. The molecule has 27 heavy (non-hydrogen) atoms. The van der Waals surface area contributed by atoms with E-state index in [0.29, 0.717) is 34.1 Å². The lowest BCUT2D eigenvalue weighted by Crippen LogP contribution is -2.16. The molecule has 0 fully saturated rings. The van der Waals surface area contributed by atoms with Gasteiger partial charge in [-0.1, -0.05) is 11.2 Å². The summed E-state index contributed by atoms with van der Waals surface area (Å²) in [7, 11) is -3.88. The van der Waals surface area contributed by atoms with Gasteiger partial charge in [-0.25, -0.2) is 13.6 Å². The van der Waals surface area contributed by atoms with Gasteiger partial charge >= 0.3 is 0 Å². The zero-order valence-electron chi connectivity index (χ0n) is 15.4. The Morgan fingerprint density at radius 2 is 1.85 bits per heavy atom. The second-order valence-corrected chi connectivity index (χ2v) is 7.93. The van der Waals surface area contributed by atoms with Crippen molar-refractivity contribution < 1.29 is 17.7 Å². The molecule has 2 heterocycles. The highest BCUT2D eigenvalue weighted by molar-refractivity contribution is 7.89. The number of carbonyl (C=O) groups excluding carboxylic acids is 1. The van der Waals surface area contributed by atoms with E-state index in [1.165, 1.54) is 6.07 Å². The molecule has 0 saturated heterocycles. The first-order chi connectivity index (χ1) is 12.6. The first-order valence-corrected chi connectivity index (χ1v) is 9.70. The Bertz CT molecular complexity index is 1140. The normalized spacial score (nSPS) is 11.6. The third kappa shape index (κ3) is 3.64. The average Bonchev–Trinajstić information content (AvgIpc) is 3.11. The van der Waals surface area contributed by atoms with Crippen LogP contribution in [-0.2, 0) is 10.0 Å². The molecule has 9 heteroatoms. The fraction of sp³-hybridized carbons (Fsp3) is 0.222. The summed E-state index contributed by atoms with van der Waals surface area (Å²) >= 11 is 0. The van der Waals surface area contributed by atoms with Crippen LogP contribution in [0, 0.1) is 27.7 Å². The second-order valence-electron chi connectivity index (χ2n) is 6.40. The van der Waals surface area contributed by atoms with E-state index in [1.54, 1.807) is 45.0 Å². The molecule has 0 spiro atoms. The Hall–Kier alpha value is -2.91. The van der Waals surface area contributed by atoms with Crippen LogP contribution in [0.5, 0.6) is 0 Å². The highest BCUT2D eigenvalue weighted by Gasteiger charge is 2.19. The quantitative estimate of drug-likeness (QED) is 0.712. The first kappa shape index (κ1) is 18.9. The minimum absolute atomic E-state index is 0.0242. The molecule has 2 aromatic heterocycles. The summed E-state index contributed by atoms with van der Waals surface area (Å²) in [6.07, 6.45) is 0. The Morgan fingerprint density at radius 1 is 1.15 bits per heavy atom. The van der Waals surface area contributed by atoms with E-state index in [4.69, 9.17) is 9.66 Å². The van der Waals surface area contributed by atoms with E-state index in [9.17, 15) is 13.2 Å². The molecule has 0 atom stereocenters. The molecule has 3 N–H and O–H groups in total. The highest BCUT2D eigenvalue weighted by atomic mass is 32.2. The molecule has 0 aliphatic carbocycles. The maximum absolute atomic E-state index is 12.7. The van der Waals surface area contributed by atoms with Gasteiger partial charge in [0.2, 0.25) is 10.0 Å². The van der Waals surface area contributed by atoms with Crippen LogP contribution in [0.15, 0.2) is 39.8 Å². The number of sulfonamides is 1. The molecule has 0 unspecified atom stereocenters. The van der Waals surface area contributed by atoms with Crippen molar-refractivity contribution in [2.45, 2.75) is 32.6 Å². The van der Waals surface area contributed by atoms with E-state index in [2.05, 4.69) is 10.5 Å². The maximum atomic E-state index is 12.7. The SMILES string of the molecule is Cc1cc(-n2c(C)cc(C(=O)Nc3ccc(C)c(S(N)(=O)=O)c3)c2C)no1. The molecular weight excluding hydrogens is 368 g/mol. The Kier molecular flexibility index (Phi) is 4.66. The van der Waals surface area contributed by atoms with E-state index >= 15 is 0 Å². The van der Waals surface area contributed by atoms with Gasteiger partial charge in [-0.3, -0.25) is 9.36 Å². The number of nitrogens with two attached hydrogens (primary N) is 1. The number of aryl methyl sites for hydroxylation is 3. The Balaban J connectivity index is 1.94. The summed E-state index contributed by atoms with van der Waals surface area (Å²) < 4.78 is 30.3. The van der Waals surface area contributed by atoms with Crippen LogP contribution < -0.4 is 10.5 Å². The molecule has 0 radical (unpaired) electrons. The molecule has 1 aromatic carbocycles. The molecule has 1 amide bonds. The molecule has 0 aliphatic rings. The van der Waals surface area contributed by atoms with Gasteiger partial charge in [0, 0.05) is 23.1 Å². The smallest absolute Gasteiger partial charge is 0.257 e. The van der Waals surface area contributed by atoms with Gasteiger partial charge in [-0.05, 0) is 51.5 Å². The van der Waals surface area contributed by atoms with Crippen molar-refractivity contribution in [1.82, 2.24) is 9.72 Å². The Labute approximate surface area is 157 Å². The predicted octanol–water partition coefficient (Wildman–Crippen LogP) is 2.60. The third-order valence-corrected chi connectivity index (χ3v) is 5.33. The number of aromatic nitrogens is 2. The zero-order valence-corrected chi connectivity index (χ0v) is 16.2. The van der Waals surface area contributed by atoms with Crippen molar-refractivity contribution in [3.8, 4) is 5.82 Å². The van der Waals surface area contributed by atoms with Gasteiger partial charge in [0.25, 0.3) is 5.91 Å². The third-order valence-electron chi connectivity index (χ3n) is 4.27. The monoisotopic (exact) mass is 388 g/mol. The number of carbonyl (C=O) groups is 1. The van der Waals surface area contributed by atoms with Crippen LogP contribution in [0.2, 0.25) is 0 Å². The lowest BCUT2D eigenvalue weighted by atomic mass is 10.2. The van der Waals surface area contributed by atoms with Crippen molar-refractivity contribution in [2.75, 3.05) is 5.32 Å². The van der Waals surface area contributed by atoms with E-state index in [0.717, 1.165) is 5.69 Å². The highest BCUT2D eigenvalue weighted by Crippen LogP contribution is 2.23. The molecule has 0 aliphatic heterocycles. The number of amides is 1. The second kappa shape index (κ2) is 6.67. The fourth-order valence-electron chi connectivity index (χ4n) is 2.99. The van der Waals surface area contributed by atoms with Crippen LogP contribution in [0.3, 0.4) is 0 Å². The van der Waals surface area contributed by atoms with Gasteiger partial charge in [-0.15, -0.1) is 0 Å². The summed E-state index contributed by atoms with van der Waals surface area (Å²) in [6.45, 7) is 7.09. The number of nitrogens with one attached hydrogen (secondary N) is 1. The van der Waals surface area contributed by atoms with Crippen molar-refractivity contribution in [3.05, 3.63) is 58.6 Å². The number of rotatable bonds is 4. The predicted molar refractivity (Wildman–Crippen MR) is 101 cm³/mol. The van der Waals surface area contributed by atoms with Gasteiger partial charge in [0.1, 0.15) is 5.76 Å². The summed E-state index contributed by atoms with van der Waals surface area (Å²) in [6, 6.07) is 8.09. The minimum Gasteiger partial charge on any atom is -0.360 e. The van der Waals surface area contributed by atoms with Gasteiger partial charge in [0.15, 0.2) is 5.82 Å². The van der Waals surface area contributed by atoms with Gasteiger partial charge in [0.05, 0.1) is 10.5 Å². The molecule has 142 valence electrons. The van der Waals surface area contributed by atoms with Crippen LogP contribution in [0.4, 0.5) is 5.69 Å². The number of nitrogens with zero attached hydrogens (tertiary/aromatic N) is 2.